The molecule has 0 radical (unpaired) electrons. The Morgan fingerprint density at radius 1 is 1.12 bits per heavy atom. The number of para-hydroxylation sites is 1. The summed E-state index contributed by atoms with van der Waals surface area (Å²) < 4.78 is 0.749. The summed E-state index contributed by atoms with van der Waals surface area (Å²) in [5, 5.41) is 13.2. The van der Waals surface area contributed by atoms with Crippen LogP contribution in [0.3, 0.4) is 0 Å². The van der Waals surface area contributed by atoms with Gasteiger partial charge in [-0.2, -0.15) is 5.26 Å². The van der Waals surface area contributed by atoms with Crippen molar-refractivity contribution in [2.75, 3.05) is 10.2 Å². The van der Waals surface area contributed by atoms with Gasteiger partial charge in [0, 0.05) is 39.1 Å². The molecule has 0 saturated carbocycles. The van der Waals surface area contributed by atoms with Gasteiger partial charge in [0.15, 0.2) is 5.78 Å². The highest BCUT2D eigenvalue weighted by Crippen LogP contribution is 2.57. The zero-order valence-electron chi connectivity index (χ0n) is 17.7. The van der Waals surface area contributed by atoms with E-state index in [1.54, 1.807) is 17.0 Å². The van der Waals surface area contributed by atoms with Gasteiger partial charge in [0.05, 0.1) is 5.57 Å². The number of nitrogens with one attached hydrogen (secondary N) is 1. The number of nitrogens with zero attached hydrogens (tertiary/aromatic N) is 2. The van der Waals surface area contributed by atoms with E-state index in [2.05, 4.69) is 27.3 Å². The summed E-state index contributed by atoms with van der Waals surface area (Å²) in [4.78, 5) is 29.2. The van der Waals surface area contributed by atoms with Crippen LogP contribution >= 0.6 is 15.9 Å². The minimum absolute atomic E-state index is 0.0718. The number of nitrogens with two attached hydrogens (primary N) is 1. The quantitative estimate of drug-likeness (QED) is 0.615. The van der Waals surface area contributed by atoms with Crippen molar-refractivity contribution in [2.45, 2.75) is 32.1 Å². The second-order valence-electron chi connectivity index (χ2n) is 9.20. The van der Waals surface area contributed by atoms with Gasteiger partial charge in [-0.15, -0.1) is 0 Å². The van der Waals surface area contributed by atoms with E-state index in [4.69, 9.17) is 5.73 Å². The number of anilines is 2. The summed E-state index contributed by atoms with van der Waals surface area (Å²) in [6, 6.07) is 17.0. The van der Waals surface area contributed by atoms with Crippen LogP contribution in [0.4, 0.5) is 11.4 Å². The first-order valence-corrected chi connectivity index (χ1v) is 11.1. The molecule has 1 amide bonds. The molecule has 2 aromatic carbocycles. The fourth-order valence-electron chi connectivity index (χ4n) is 5.26. The van der Waals surface area contributed by atoms with Crippen molar-refractivity contribution in [3.8, 4) is 6.07 Å². The third-order valence-electron chi connectivity index (χ3n) is 6.47. The third-order valence-corrected chi connectivity index (χ3v) is 6.96. The molecule has 0 aromatic heterocycles. The molecule has 7 heteroatoms. The van der Waals surface area contributed by atoms with Crippen LogP contribution in [-0.2, 0) is 15.0 Å². The lowest BCUT2D eigenvalue weighted by Crippen LogP contribution is -2.52. The van der Waals surface area contributed by atoms with E-state index in [0.717, 1.165) is 10.2 Å². The van der Waals surface area contributed by atoms with E-state index < -0.39 is 11.3 Å². The summed E-state index contributed by atoms with van der Waals surface area (Å²) in [5.41, 5.74) is 7.79. The van der Waals surface area contributed by atoms with Crippen molar-refractivity contribution in [1.29, 1.82) is 5.26 Å². The molecule has 0 saturated heterocycles. The molecule has 3 aliphatic rings. The summed E-state index contributed by atoms with van der Waals surface area (Å²) in [6.45, 7) is 4.06. The average Bonchev–Trinajstić information content (AvgIpc) is 3.00. The fourth-order valence-corrected chi connectivity index (χ4v) is 5.62. The second-order valence-corrected chi connectivity index (χ2v) is 10.1. The molecule has 2 heterocycles. The minimum Gasteiger partial charge on any atom is -0.384 e. The van der Waals surface area contributed by atoms with Crippen LogP contribution in [0, 0.1) is 16.7 Å². The van der Waals surface area contributed by atoms with Gasteiger partial charge in [0.2, 0.25) is 5.91 Å². The lowest BCUT2D eigenvalue weighted by molar-refractivity contribution is -0.123. The highest BCUT2D eigenvalue weighted by Gasteiger charge is 2.61. The number of benzene rings is 2. The molecule has 3 N–H and O–H groups in total. The average molecular weight is 489 g/mol. The minimum atomic E-state index is -1.56. The van der Waals surface area contributed by atoms with Crippen molar-refractivity contribution in [2.24, 2.45) is 11.1 Å². The zero-order chi connectivity index (χ0) is 22.8. The largest absolute Gasteiger partial charge is 0.384 e. The van der Waals surface area contributed by atoms with Crippen molar-refractivity contribution < 1.29 is 9.59 Å². The highest BCUT2D eigenvalue weighted by molar-refractivity contribution is 9.10. The lowest BCUT2D eigenvalue weighted by Gasteiger charge is -2.46. The van der Waals surface area contributed by atoms with Crippen molar-refractivity contribution in [1.82, 2.24) is 0 Å². The number of hydrogen-bond acceptors (Lipinski definition) is 5. The van der Waals surface area contributed by atoms with Gasteiger partial charge in [0.1, 0.15) is 17.3 Å². The summed E-state index contributed by atoms with van der Waals surface area (Å²) >= 11 is 3.48. The molecule has 1 atom stereocenters. The van der Waals surface area contributed by atoms with Crippen LogP contribution in [0.5, 0.6) is 0 Å². The molecule has 6 nitrogen and oxygen atoms in total. The van der Waals surface area contributed by atoms with Crippen LogP contribution < -0.4 is 16.0 Å². The molecule has 32 heavy (non-hydrogen) atoms. The van der Waals surface area contributed by atoms with E-state index in [0.29, 0.717) is 28.9 Å². The highest BCUT2D eigenvalue weighted by atomic mass is 79.9. The Labute approximate surface area is 194 Å². The molecule has 2 aromatic rings. The number of nitriles is 1. The van der Waals surface area contributed by atoms with Gasteiger partial charge in [0.25, 0.3) is 0 Å². The number of carbonyl (C=O) groups excluding carboxylic acids is 2. The van der Waals surface area contributed by atoms with Crippen molar-refractivity contribution in [3.63, 3.8) is 0 Å². The molecule has 0 bridgehead atoms. The Bertz CT molecular complexity index is 1300. The maximum atomic E-state index is 13.7. The Balaban J connectivity index is 1.92. The van der Waals surface area contributed by atoms with Gasteiger partial charge < -0.3 is 11.1 Å². The first kappa shape index (κ1) is 20.5. The maximum Gasteiger partial charge on any atom is 0.245 e. The van der Waals surface area contributed by atoms with Gasteiger partial charge in [-0.1, -0.05) is 48.0 Å². The molecule has 160 valence electrons. The van der Waals surface area contributed by atoms with E-state index in [1.165, 1.54) is 0 Å². The van der Waals surface area contributed by atoms with Gasteiger partial charge >= 0.3 is 0 Å². The number of hydrogen-bond donors (Lipinski definition) is 2. The number of allylic oxidation sites excluding steroid dienone is 1. The Hall–Kier alpha value is -3.37. The molecule has 0 fully saturated rings. The summed E-state index contributed by atoms with van der Waals surface area (Å²) in [6.07, 6.45) is 0.826. The van der Waals surface area contributed by atoms with E-state index in [-0.39, 0.29) is 29.0 Å². The van der Waals surface area contributed by atoms with Crippen LogP contribution in [0.25, 0.3) is 0 Å². The number of ketones is 1. The number of amides is 1. The smallest absolute Gasteiger partial charge is 0.245 e. The molecule has 5 rings (SSSR count). The summed E-state index contributed by atoms with van der Waals surface area (Å²) in [7, 11) is 0. The van der Waals surface area contributed by atoms with Crippen molar-refractivity contribution >= 4 is 39.0 Å². The third kappa shape index (κ3) is 2.63. The number of Topliss-reactive ketones (excluding diaryl/α,β-unsaturated/α-hetero) is 1. The molecule has 1 unspecified atom stereocenters. The Kier molecular flexibility index (Phi) is 4.37. The molecular formula is C25H21BrN4O2. The van der Waals surface area contributed by atoms with E-state index in [9.17, 15) is 14.9 Å². The summed E-state index contributed by atoms with van der Waals surface area (Å²) in [5.74, 6) is -0.385. The maximum absolute atomic E-state index is 13.7. The molecule has 1 aliphatic carbocycles. The topological polar surface area (TPSA) is 99.2 Å². The fraction of sp³-hybridized carbons (Fsp3) is 0.240. The number of halogens is 1. The van der Waals surface area contributed by atoms with Crippen LogP contribution in [-0.4, -0.2) is 11.7 Å². The van der Waals surface area contributed by atoms with Gasteiger partial charge in [-0.25, -0.2) is 0 Å². The SMILES string of the molecule is CC1(C)CC(=O)C2=C(C1)N(c1ccccc1)C(N)=C(C#N)C21C(=O)Nc2ccc(Br)cc21. The zero-order valence-corrected chi connectivity index (χ0v) is 19.3. The van der Waals surface area contributed by atoms with Crippen molar-refractivity contribution in [3.05, 3.63) is 81.2 Å². The van der Waals surface area contributed by atoms with E-state index in [1.807, 2.05) is 50.2 Å². The number of carbonyl (C=O) groups is 2. The van der Waals surface area contributed by atoms with E-state index >= 15 is 0 Å². The van der Waals surface area contributed by atoms with Gasteiger partial charge in [-0.3, -0.25) is 14.5 Å². The number of fused-ring (bicyclic) bond motifs is 3. The lowest BCUT2D eigenvalue weighted by atomic mass is 9.61. The predicted octanol–water partition coefficient (Wildman–Crippen LogP) is 4.50. The monoisotopic (exact) mass is 488 g/mol. The standard InChI is InChI=1S/C25H21BrN4O2/c1-24(2)11-19-21(20(31)12-24)25(16-10-14(26)8-9-18(16)29-23(25)32)17(13-27)22(28)30(19)15-6-4-3-5-7-15/h3-10H,11-12,28H2,1-2H3,(H,29,32). The molecule has 1 spiro atoms. The molecule has 2 aliphatic heterocycles. The Morgan fingerprint density at radius 3 is 2.53 bits per heavy atom. The Morgan fingerprint density at radius 2 is 1.84 bits per heavy atom. The second kappa shape index (κ2) is 6.81. The first-order chi connectivity index (χ1) is 15.2. The van der Waals surface area contributed by atoms with Crippen LogP contribution in [0.15, 0.2) is 75.7 Å². The predicted molar refractivity (Wildman–Crippen MR) is 125 cm³/mol. The van der Waals surface area contributed by atoms with Crippen LogP contribution in [0.2, 0.25) is 0 Å². The normalized spacial score (nSPS) is 23.8. The van der Waals surface area contributed by atoms with Gasteiger partial charge in [-0.05, 0) is 42.2 Å². The first-order valence-electron chi connectivity index (χ1n) is 10.3. The number of rotatable bonds is 1. The molecular weight excluding hydrogens is 468 g/mol. The van der Waals surface area contributed by atoms with Crippen LogP contribution in [0.1, 0.15) is 32.3 Å².